The molecule has 3 rings (SSSR count). The second-order valence-corrected chi connectivity index (χ2v) is 10.1. The van der Waals surface area contributed by atoms with Crippen molar-refractivity contribution in [1.29, 1.82) is 0 Å². The predicted molar refractivity (Wildman–Crippen MR) is 120 cm³/mol. The summed E-state index contributed by atoms with van der Waals surface area (Å²) in [6, 6.07) is 15.6. The third-order valence-electron chi connectivity index (χ3n) is 5.71. The van der Waals surface area contributed by atoms with Crippen LogP contribution >= 0.6 is 0 Å². The smallest absolute Gasteiger partial charge is 0.264 e. The molecule has 7 heteroatoms. The van der Waals surface area contributed by atoms with Gasteiger partial charge in [-0.3, -0.25) is 9.10 Å². The topological polar surface area (TPSA) is 69.7 Å². The number of para-hydroxylation sites is 1. The van der Waals surface area contributed by atoms with Gasteiger partial charge >= 0.3 is 0 Å². The Labute approximate surface area is 179 Å². The van der Waals surface area contributed by atoms with Crippen molar-refractivity contribution in [1.82, 2.24) is 10.2 Å². The first kappa shape index (κ1) is 22.3. The molecular formula is C23H31N3O3S. The van der Waals surface area contributed by atoms with Crippen LogP contribution in [0.5, 0.6) is 0 Å². The van der Waals surface area contributed by atoms with Gasteiger partial charge in [-0.1, -0.05) is 24.3 Å². The van der Waals surface area contributed by atoms with Crippen LogP contribution in [0.2, 0.25) is 0 Å². The number of carbonyl (C=O) groups is 1. The van der Waals surface area contributed by atoms with Crippen molar-refractivity contribution < 1.29 is 13.2 Å². The van der Waals surface area contributed by atoms with Crippen LogP contribution in [-0.4, -0.2) is 51.9 Å². The lowest BCUT2D eigenvalue weighted by Gasteiger charge is -2.35. The van der Waals surface area contributed by atoms with Gasteiger partial charge in [0.15, 0.2) is 0 Å². The molecule has 1 atom stereocenters. The van der Waals surface area contributed by atoms with Gasteiger partial charge in [-0.05, 0) is 69.5 Å². The summed E-state index contributed by atoms with van der Waals surface area (Å²) >= 11 is 0. The maximum atomic E-state index is 13.0. The van der Waals surface area contributed by atoms with E-state index in [2.05, 4.69) is 24.1 Å². The lowest BCUT2D eigenvalue weighted by Crippen LogP contribution is -2.43. The van der Waals surface area contributed by atoms with Gasteiger partial charge < -0.3 is 10.2 Å². The molecule has 2 aromatic rings. The molecule has 1 aliphatic heterocycles. The SMILES string of the molecule is CC(C)N1CCCC(CNC(=O)c2cccc(S(=O)(=O)N(C)c3ccccc3)c2)C1. The molecule has 0 aliphatic carbocycles. The summed E-state index contributed by atoms with van der Waals surface area (Å²) < 4.78 is 27.2. The van der Waals surface area contributed by atoms with Gasteiger partial charge in [0, 0.05) is 31.7 Å². The fourth-order valence-corrected chi connectivity index (χ4v) is 5.05. The summed E-state index contributed by atoms with van der Waals surface area (Å²) in [7, 11) is -2.24. The van der Waals surface area contributed by atoms with E-state index in [9.17, 15) is 13.2 Å². The van der Waals surface area contributed by atoms with Gasteiger partial charge in [0.2, 0.25) is 0 Å². The van der Waals surface area contributed by atoms with Gasteiger partial charge in [-0.15, -0.1) is 0 Å². The number of piperidine rings is 1. The third-order valence-corrected chi connectivity index (χ3v) is 7.49. The van der Waals surface area contributed by atoms with E-state index in [1.54, 1.807) is 36.4 Å². The Morgan fingerprint density at radius 1 is 1.17 bits per heavy atom. The van der Waals surface area contributed by atoms with E-state index in [0.717, 1.165) is 25.9 Å². The number of sulfonamides is 1. The van der Waals surface area contributed by atoms with Crippen LogP contribution in [0.4, 0.5) is 5.69 Å². The van der Waals surface area contributed by atoms with Crippen LogP contribution in [0.1, 0.15) is 37.0 Å². The van der Waals surface area contributed by atoms with Crippen LogP contribution in [0.25, 0.3) is 0 Å². The summed E-state index contributed by atoms with van der Waals surface area (Å²) in [5.74, 6) is 0.178. The fraction of sp³-hybridized carbons (Fsp3) is 0.435. The number of benzene rings is 2. The Kier molecular flexibility index (Phi) is 7.15. The molecule has 1 fully saturated rings. The van der Waals surface area contributed by atoms with Crippen LogP contribution in [0.15, 0.2) is 59.5 Å². The number of nitrogens with one attached hydrogen (secondary N) is 1. The molecule has 1 amide bonds. The fourth-order valence-electron chi connectivity index (χ4n) is 3.80. The molecule has 162 valence electrons. The number of carbonyl (C=O) groups excluding carboxylic acids is 1. The van der Waals surface area contributed by atoms with Crippen LogP contribution in [0.3, 0.4) is 0 Å². The molecule has 0 radical (unpaired) electrons. The standard InChI is InChI=1S/C23H31N3O3S/c1-18(2)26-14-8-9-19(17-26)16-24-23(27)20-10-7-13-22(15-20)30(28,29)25(3)21-11-5-4-6-12-21/h4-7,10-13,15,18-19H,8-9,14,16-17H2,1-3H3,(H,24,27). The van der Waals surface area contributed by atoms with Gasteiger partial charge in [-0.2, -0.15) is 0 Å². The van der Waals surface area contributed by atoms with Gasteiger partial charge in [0.1, 0.15) is 0 Å². The van der Waals surface area contributed by atoms with Crippen molar-refractivity contribution in [3.63, 3.8) is 0 Å². The maximum absolute atomic E-state index is 13.0. The number of nitrogens with zero attached hydrogens (tertiary/aromatic N) is 2. The number of likely N-dealkylation sites (tertiary alicyclic amines) is 1. The first-order chi connectivity index (χ1) is 14.3. The van der Waals surface area contributed by atoms with Gasteiger partial charge in [-0.25, -0.2) is 8.42 Å². The number of anilines is 1. The molecule has 6 nitrogen and oxygen atoms in total. The normalized spacial score (nSPS) is 17.7. The second-order valence-electron chi connectivity index (χ2n) is 8.14. The lowest BCUT2D eigenvalue weighted by molar-refractivity contribution is 0.0922. The first-order valence-electron chi connectivity index (χ1n) is 10.5. The van der Waals surface area contributed by atoms with Crippen LogP contribution in [0, 0.1) is 5.92 Å². The Bertz CT molecular complexity index is 961. The summed E-state index contributed by atoms with van der Waals surface area (Å²) in [4.78, 5) is 15.2. The van der Waals surface area contributed by atoms with Crippen molar-refractivity contribution >= 4 is 21.6 Å². The zero-order valence-corrected chi connectivity index (χ0v) is 18.7. The Hall–Kier alpha value is -2.38. The number of hydrogen-bond donors (Lipinski definition) is 1. The lowest BCUT2D eigenvalue weighted by atomic mass is 9.97. The zero-order valence-electron chi connectivity index (χ0n) is 17.9. The van der Waals surface area contributed by atoms with E-state index in [-0.39, 0.29) is 10.8 Å². The van der Waals surface area contributed by atoms with Crippen molar-refractivity contribution in [2.45, 2.75) is 37.6 Å². The Morgan fingerprint density at radius 3 is 2.60 bits per heavy atom. The van der Waals surface area contributed by atoms with Crippen LogP contribution in [-0.2, 0) is 10.0 Å². The van der Waals surface area contributed by atoms with Crippen molar-refractivity contribution in [2.75, 3.05) is 31.0 Å². The largest absolute Gasteiger partial charge is 0.352 e. The monoisotopic (exact) mass is 429 g/mol. The van der Waals surface area contributed by atoms with E-state index >= 15 is 0 Å². The molecule has 1 unspecified atom stereocenters. The van der Waals surface area contributed by atoms with Crippen molar-refractivity contribution in [3.8, 4) is 0 Å². The quantitative estimate of drug-likeness (QED) is 0.733. The van der Waals surface area contributed by atoms with Crippen LogP contribution < -0.4 is 9.62 Å². The van der Waals surface area contributed by atoms with Gasteiger partial charge in [0.25, 0.3) is 15.9 Å². The number of hydrogen-bond acceptors (Lipinski definition) is 4. The van der Waals surface area contributed by atoms with E-state index in [4.69, 9.17) is 0 Å². The summed E-state index contributed by atoms with van der Waals surface area (Å²) in [6.07, 6.45) is 2.23. The van der Waals surface area contributed by atoms with Crippen molar-refractivity contribution in [2.24, 2.45) is 5.92 Å². The Morgan fingerprint density at radius 2 is 1.90 bits per heavy atom. The van der Waals surface area contributed by atoms with E-state index < -0.39 is 10.0 Å². The Balaban J connectivity index is 1.68. The molecule has 2 aromatic carbocycles. The molecule has 0 saturated carbocycles. The molecule has 1 heterocycles. The third kappa shape index (κ3) is 5.21. The minimum Gasteiger partial charge on any atom is -0.352 e. The highest BCUT2D eigenvalue weighted by Crippen LogP contribution is 2.22. The minimum atomic E-state index is -3.75. The molecule has 30 heavy (non-hydrogen) atoms. The summed E-state index contributed by atoms with van der Waals surface area (Å²) in [5.41, 5.74) is 0.924. The highest BCUT2D eigenvalue weighted by atomic mass is 32.2. The molecule has 1 N–H and O–H groups in total. The van der Waals surface area contributed by atoms with E-state index in [0.29, 0.717) is 29.8 Å². The summed E-state index contributed by atoms with van der Waals surface area (Å²) in [6.45, 7) is 7.08. The minimum absolute atomic E-state index is 0.102. The molecule has 0 aromatic heterocycles. The van der Waals surface area contributed by atoms with E-state index in [1.165, 1.54) is 23.5 Å². The van der Waals surface area contributed by atoms with Gasteiger partial charge in [0.05, 0.1) is 10.6 Å². The number of rotatable bonds is 7. The molecular weight excluding hydrogens is 398 g/mol. The number of amides is 1. The highest BCUT2D eigenvalue weighted by Gasteiger charge is 2.24. The highest BCUT2D eigenvalue weighted by molar-refractivity contribution is 7.92. The molecule has 0 bridgehead atoms. The average Bonchev–Trinajstić information content (AvgIpc) is 2.77. The molecule has 1 aliphatic rings. The second kappa shape index (κ2) is 9.62. The average molecular weight is 430 g/mol. The summed E-state index contributed by atoms with van der Waals surface area (Å²) in [5, 5.41) is 2.99. The zero-order chi connectivity index (χ0) is 21.7. The first-order valence-corrected chi connectivity index (χ1v) is 11.9. The van der Waals surface area contributed by atoms with E-state index in [1.807, 2.05) is 6.07 Å². The maximum Gasteiger partial charge on any atom is 0.264 e. The molecule has 1 saturated heterocycles. The molecule has 0 spiro atoms. The van der Waals surface area contributed by atoms with Crippen molar-refractivity contribution in [3.05, 3.63) is 60.2 Å². The predicted octanol–water partition coefficient (Wildman–Crippen LogP) is 3.36.